The summed E-state index contributed by atoms with van der Waals surface area (Å²) < 4.78 is 11.6. The van der Waals surface area contributed by atoms with Gasteiger partial charge in [0.05, 0.1) is 12.8 Å². The highest BCUT2D eigenvalue weighted by Gasteiger charge is 2.15. The van der Waals surface area contributed by atoms with Crippen molar-refractivity contribution in [2.45, 2.75) is 20.5 Å². The Labute approximate surface area is 168 Å². The molecule has 0 saturated carbocycles. The van der Waals surface area contributed by atoms with E-state index >= 15 is 0 Å². The van der Waals surface area contributed by atoms with E-state index in [1.54, 1.807) is 7.11 Å². The van der Waals surface area contributed by atoms with Crippen LogP contribution in [0.2, 0.25) is 0 Å². The third-order valence-electron chi connectivity index (χ3n) is 4.64. The number of benzene rings is 2. The minimum absolute atomic E-state index is 0.385. The number of ether oxygens (including phenoxy) is 2. The molecule has 2 heterocycles. The average Bonchev–Trinajstić information content (AvgIpc) is 3.27. The number of hydrogen-bond acceptors (Lipinski definition) is 6. The molecule has 29 heavy (non-hydrogen) atoms. The molecule has 7 heteroatoms. The van der Waals surface area contributed by atoms with Crippen LogP contribution >= 0.6 is 0 Å². The van der Waals surface area contributed by atoms with E-state index in [-0.39, 0.29) is 0 Å². The molecular formula is C22H21N5O2. The van der Waals surface area contributed by atoms with Crippen molar-refractivity contribution in [3.8, 4) is 34.0 Å². The average molecular weight is 387 g/mol. The fourth-order valence-corrected chi connectivity index (χ4v) is 3.39. The van der Waals surface area contributed by atoms with Crippen LogP contribution in [0, 0.1) is 13.8 Å². The molecule has 0 atom stereocenters. The van der Waals surface area contributed by atoms with Gasteiger partial charge in [0.15, 0.2) is 11.5 Å². The second-order valence-corrected chi connectivity index (χ2v) is 6.61. The summed E-state index contributed by atoms with van der Waals surface area (Å²) in [5.41, 5.74) is 5.70. The quantitative estimate of drug-likeness (QED) is 0.535. The molecule has 7 nitrogen and oxygen atoms in total. The van der Waals surface area contributed by atoms with Crippen LogP contribution in [0.15, 0.2) is 54.6 Å². The number of aromatic nitrogens is 5. The Hall–Kier alpha value is -3.74. The number of nitrogens with zero attached hydrogens (tertiary/aromatic N) is 4. The molecule has 2 aromatic carbocycles. The van der Waals surface area contributed by atoms with Gasteiger partial charge in [-0.2, -0.15) is 5.21 Å². The molecule has 1 N–H and O–H groups in total. The number of pyridine rings is 1. The van der Waals surface area contributed by atoms with Gasteiger partial charge in [-0.1, -0.05) is 48.5 Å². The summed E-state index contributed by atoms with van der Waals surface area (Å²) in [6.45, 7) is 4.23. The van der Waals surface area contributed by atoms with Gasteiger partial charge in [-0.25, -0.2) is 0 Å². The van der Waals surface area contributed by atoms with E-state index in [0.717, 1.165) is 33.6 Å². The minimum Gasteiger partial charge on any atom is -0.491 e. The Kier molecular flexibility index (Phi) is 5.20. The molecule has 2 aromatic heterocycles. The molecule has 0 fully saturated rings. The van der Waals surface area contributed by atoms with Gasteiger partial charge in [0.2, 0.25) is 5.82 Å². The fraction of sp³-hybridized carbons (Fsp3) is 0.182. The molecule has 0 aliphatic carbocycles. The number of methoxy groups -OCH3 is 1. The van der Waals surface area contributed by atoms with Crippen molar-refractivity contribution in [3.63, 3.8) is 0 Å². The summed E-state index contributed by atoms with van der Waals surface area (Å²) in [4.78, 5) is 4.44. The summed E-state index contributed by atoms with van der Waals surface area (Å²) in [6.07, 6.45) is 0. The first-order valence-corrected chi connectivity index (χ1v) is 9.23. The van der Waals surface area contributed by atoms with Gasteiger partial charge in [-0.05, 0) is 35.8 Å². The predicted molar refractivity (Wildman–Crippen MR) is 110 cm³/mol. The van der Waals surface area contributed by atoms with Crippen molar-refractivity contribution in [1.29, 1.82) is 0 Å². The van der Waals surface area contributed by atoms with Gasteiger partial charge in [0, 0.05) is 17.3 Å². The summed E-state index contributed by atoms with van der Waals surface area (Å²) >= 11 is 0. The van der Waals surface area contributed by atoms with Crippen molar-refractivity contribution < 1.29 is 9.47 Å². The second-order valence-electron chi connectivity index (χ2n) is 6.61. The van der Waals surface area contributed by atoms with Gasteiger partial charge in [0.25, 0.3) is 0 Å². The standard InChI is InChI=1S/C22H21N5O2/c1-14-12-20(21(28-3)15(2)23-14)29-13-16-8-4-5-9-17(16)18-10-6-7-11-19(18)22-24-26-27-25-22/h4-12H,13H2,1-3H3,(H,24,25,26,27). The molecule has 0 radical (unpaired) electrons. The van der Waals surface area contributed by atoms with Crippen LogP contribution in [0.4, 0.5) is 0 Å². The number of tetrazole rings is 1. The molecule has 0 amide bonds. The lowest BCUT2D eigenvalue weighted by molar-refractivity contribution is 0.282. The third kappa shape index (κ3) is 3.80. The first-order valence-electron chi connectivity index (χ1n) is 9.23. The van der Waals surface area contributed by atoms with E-state index in [9.17, 15) is 0 Å². The van der Waals surface area contributed by atoms with Crippen LogP contribution in [0.5, 0.6) is 11.5 Å². The lowest BCUT2D eigenvalue weighted by atomic mass is 9.95. The Morgan fingerprint density at radius 3 is 2.38 bits per heavy atom. The van der Waals surface area contributed by atoms with E-state index in [1.807, 2.05) is 56.3 Å². The van der Waals surface area contributed by atoms with Gasteiger partial charge in [0.1, 0.15) is 6.61 Å². The van der Waals surface area contributed by atoms with Crippen LogP contribution in [-0.2, 0) is 6.61 Å². The number of H-pyrrole nitrogens is 1. The number of nitrogens with one attached hydrogen (secondary N) is 1. The third-order valence-corrected chi connectivity index (χ3v) is 4.64. The smallest absolute Gasteiger partial charge is 0.205 e. The zero-order chi connectivity index (χ0) is 20.2. The number of rotatable bonds is 6. The summed E-state index contributed by atoms with van der Waals surface area (Å²) in [5, 5.41) is 14.5. The Morgan fingerprint density at radius 2 is 1.66 bits per heavy atom. The highest BCUT2D eigenvalue weighted by atomic mass is 16.5. The molecule has 0 aliphatic rings. The Balaban J connectivity index is 1.70. The Bertz CT molecular complexity index is 1130. The van der Waals surface area contributed by atoms with Crippen LogP contribution in [-0.4, -0.2) is 32.7 Å². The Morgan fingerprint density at radius 1 is 0.931 bits per heavy atom. The zero-order valence-corrected chi connectivity index (χ0v) is 16.5. The zero-order valence-electron chi connectivity index (χ0n) is 16.5. The molecule has 0 aliphatic heterocycles. The molecule has 146 valence electrons. The summed E-state index contributed by atoms with van der Waals surface area (Å²) in [5.74, 6) is 1.89. The maximum atomic E-state index is 6.15. The van der Waals surface area contributed by atoms with Crippen LogP contribution in [0.1, 0.15) is 17.0 Å². The van der Waals surface area contributed by atoms with Gasteiger partial charge >= 0.3 is 0 Å². The topological polar surface area (TPSA) is 85.8 Å². The summed E-state index contributed by atoms with van der Waals surface area (Å²) in [7, 11) is 1.63. The number of hydrogen-bond donors (Lipinski definition) is 1. The molecule has 4 rings (SSSR count). The van der Waals surface area contributed by atoms with Gasteiger partial charge < -0.3 is 9.47 Å². The van der Waals surface area contributed by atoms with Crippen molar-refractivity contribution >= 4 is 0 Å². The van der Waals surface area contributed by atoms with E-state index < -0.39 is 0 Å². The van der Waals surface area contributed by atoms with E-state index in [0.29, 0.717) is 23.9 Å². The predicted octanol–water partition coefficient (Wildman–Crippen LogP) is 4.13. The molecule has 0 spiro atoms. The largest absolute Gasteiger partial charge is 0.491 e. The highest BCUT2D eigenvalue weighted by Crippen LogP contribution is 2.34. The van der Waals surface area contributed by atoms with Crippen molar-refractivity contribution in [1.82, 2.24) is 25.6 Å². The molecule has 0 unspecified atom stereocenters. The first kappa shape index (κ1) is 18.6. The summed E-state index contributed by atoms with van der Waals surface area (Å²) in [6, 6.07) is 18.0. The second kappa shape index (κ2) is 8.10. The SMILES string of the molecule is COc1c(OCc2ccccc2-c2ccccc2-c2nn[nH]n2)cc(C)nc1C. The van der Waals surface area contributed by atoms with Crippen LogP contribution < -0.4 is 9.47 Å². The maximum Gasteiger partial charge on any atom is 0.205 e. The van der Waals surface area contributed by atoms with Gasteiger partial charge in [-0.3, -0.25) is 4.98 Å². The van der Waals surface area contributed by atoms with Crippen molar-refractivity contribution in [3.05, 3.63) is 71.5 Å². The maximum absolute atomic E-state index is 6.15. The van der Waals surface area contributed by atoms with Crippen molar-refractivity contribution in [2.24, 2.45) is 0 Å². The monoisotopic (exact) mass is 387 g/mol. The lowest BCUT2D eigenvalue weighted by Gasteiger charge is -2.16. The minimum atomic E-state index is 0.385. The first-order chi connectivity index (χ1) is 14.2. The van der Waals surface area contributed by atoms with Crippen LogP contribution in [0.3, 0.4) is 0 Å². The fourth-order valence-electron chi connectivity index (χ4n) is 3.39. The number of aromatic amines is 1. The van der Waals surface area contributed by atoms with Crippen LogP contribution in [0.25, 0.3) is 22.5 Å². The highest BCUT2D eigenvalue weighted by molar-refractivity contribution is 5.82. The number of aryl methyl sites for hydroxylation is 2. The molecule has 0 bridgehead atoms. The molecule has 4 aromatic rings. The normalized spacial score (nSPS) is 10.7. The van der Waals surface area contributed by atoms with Gasteiger partial charge in [-0.15, -0.1) is 10.2 Å². The van der Waals surface area contributed by atoms with E-state index in [4.69, 9.17) is 9.47 Å². The molecular weight excluding hydrogens is 366 g/mol. The van der Waals surface area contributed by atoms with Crippen molar-refractivity contribution in [2.75, 3.05) is 7.11 Å². The molecule has 0 saturated heterocycles. The lowest BCUT2D eigenvalue weighted by Crippen LogP contribution is -2.02. The van der Waals surface area contributed by atoms with E-state index in [2.05, 4.69) is 37.7 Å². The van der Waals surface area contributed by atoms with E-state index in [1.165, 1.54) is 0 Å².